The Kier molecular flexibility index (Phi) is 3.56. The molecule has 0 aliphatic carbocycles. The summed E-state index contributed by atoms with van der Waals surface area (Å²) in [6.45, 7) is 2.73. The zero-order chi connectivity index (χ0) is 13.3. The first-order chi connectivity index (χ1) is 8.49. The van der Waals surface area contributed by atoms with Crippen LogP contribution in [-0.4, -0.2) is 21.8 Å². The van der Waals surface area contributed by atoms with Crippen molar-refractivity contribution in [3.8, 4) is 0 Å². The van der Waals surface area contributed by atoms with E-state index in [9.17, 15) is 0 Å². The number of aromatic nitrogens is 3. The van der Waals surface area contributed by atoms with Gasteiger partial charge in [0.25, 0.3) is 0 Å². The lowest BCUT2D eigenvalue weighted by atomic mass is 10.2. The second-order valence-corrected chi connectivity index (χ2v) is 5.15. The molecular weight excluding hydrogens is 294 g/mol. The third-order valence-corrected chi connectivity index (χ3v) is 3.77. The van der Waals surface area contributed by atoms with Crippen LogP contribution >= 0.6 is 15.9 Å². The van der Waals surface area contributed by atoms with Gasteiger partial charge in [-0.25, -0.2) is 4.98 Å². The van der Waals surface area contributed by atoms with Crippen LogP contribution in [0.25, 0.3) is 0 Å². The molecule has 0 aromatic carbocycles. The predicted molar refractivity (Wildman–Crippen MR) is 76.4 cm³/mol. The molecule has 0 aliphatic heterocycles. The first kappa shape index (κ1) is 12.9. The first-order valence-corrected chi connectivity index (χ1v) is 6.37. The van der Waals surface area contributed by atoms with Crippen LogP contribution in [-0.2, 0) is 13.6 Å². The maximum atomic E-state index is 5.82. The molecule has 0 saturated carbocycles. The average molecular weight is 310 g/mol. The molecule has 2 aromatic heterocycles. The molecule has 0 atom stereocenters. The number of nitrogen functional groups attached to an aromatic ring is 1. The molecule has 2 N–H and O–H groups in total. The summed E-state index contributed by atoms with van der Waals surface area (Å²) in [7, 11) is 3.90. The van der Waals surface area contributed by atoms with Gasteiger partial charge in [0, 0.05) is 32.4 Å². The van der Waals surface area contributed by atoms with E-state index < -0.39 is 0 Å². The van der Waals surface area contributed by atoms with Gasteiger partial charge in [-0.15, -0.1) is 0 Å². The highest BCUT2D eigenvalue weighted by molar-refractivity contribution is 9.10. The molecule has 6 heteroatoms. The molecule has 0 fully saturated rings. The molecule has 2 aromatic rings. The van der Waals surface area contributed by atoms with E-state index in [0.29, 0.717) is 5.69 Å². The highest BCUT2D eigenvalue weighted by Gasteiger charge is 2.12. The van der Waals surface area contributed by atoms with Crippen LogP contribution in [0.1, 0.15) is 11.1 Å². The molecular formula is C12H16BrN5. The Balaban J connectivity index is 2.24. The summed E-state index contributed by atoms with van der Waals surface area (Å²) < 4.78 is 2.73. The molecule has 0 bridgehead atoms. The zero-order valence-corrected chi connectivity index (χ0v) is 12.3. The van der Waals surface area contributed by atoms with Gasteiger partial charge in [-0.1, -0.05) is 0 Å². The first-order valence-electron chi connectivity index (χ1n) is 5.58. The molecule has 0 radical (unpaired) electrons. The lowest BCUT2D eigenvalue weighted by molar-refractivity contribution is 0.766. The molecule has 0 spiro atoms. The summed E-state index contributed by atoms with van der Waals surface area (Å²) in [6, 6.07) is 0. The van der Waals surface area contributed by atoms with Gasteiger partial charge in [0.1, 0.15) is 5.82 Å². The average Bonchev–Trinajstić information content (AvgIpc) is 2.71. The normalized spacial score (nSPS) is 10.7. The Hall–Kier alpha value is -1.56. The van der Waals surface area contributed by atoms with E-state index >= 15 is 0 Å². The lowest BCUT2D eigenvalue weighted by Crippen LogP contribution is -2.18. The van der Waals surface area contributed by atoms with Crippen molar-refractivity contribution in [2.75, 3.05) is 17.7 Å². The molecule has 0 unspecified atom stereocenters. The van der Waals surface area contributed by atoms with Crippen LogP contribution in [0.2, 0.25) is 0 Å². The number of halogens is 1. The van der Waals surface area contributed by atoms with E-state index in [2.05, 4.69) is 30.9 Å². The molecule has 2 heterocycles. The van der Waals surface area contributed by atoms with Gasteiger partial charge in [-0.2, -0.15) is 5.10 Å². The van der Waals surface area contributed by atoms with Crippen molar-refractivity contribution in [2.24, 2.45) is 7.05 Å². The molecule has 18 heavy (non-hydrogen) atoms. The van der Waals surface area contributed by atoms with Gasteiger partial charge in [-0.05, 0) is 28.4 Å². The topological polar surface area (TPSA) is 60.0 Å². The van der Waals surface area contributed by atoms with Crippen molar-refractivity contribution >= 4 is 27.4 Å². The number of pyridine rings is 1. The Labute approximate surface area is 115 Å². The van der Waals surface area contributed by atoms with Crippen LogP contribution in [0.4, 0.5) is 11.5 Å². The minimum absolute atomic E-state index is 0.695. The highest BCUT2D eigenvalue weighted by atomic mass is 79.9. The van der Waals surface area contributed by atoms with Crippen LogP contribution in [0.3, 0.4) is 0 Å². The van der Waals surface area contributed by atoms with Crippen molar-refractivity contribution in [2.45, 2.75) is 13.5 Å². The third kappa shape index (κ3) is 2.48. The molecule has 2 rings (SSSR count). The summed E-state index contributed by atoms with van der Waals surface area (Å²) in [5, 5.41) is 4.16. The number of nitrogens with zero attached hydrogens (tertiary/aromatic N) is 4. The van der Waals surface area contributed by atoms with Crippen molar-refractivity contribution in [1.29, 1.82) is 0 Å². The number of rotatable bonds is 3. The summed E-state index contributed by atoms with van der Waals surface area (Å²) >= 11 is 3.55. The number of hydrogen-bond donors (Lipinski definition) is 1. The van der Waals surface area contributed by atoms with Gasteiger partial charge in [0.2, 0.25) is 0 Å². The van der Waals surface area contributed by atoms with Crippen LogP contribution in [0.15, 0.2) is 23.1 Å². The fourth-order valence-electron chi connectivity index (χ4n) is 1.75. The minimum Gasteiger partial charge on any atom is -0.397 e. The summed E-state index contributed by atoms with van der Waals surface area (Å²) in [5.41, 5.74) is 8.67. The van der Waals surface area contributed by atoms with Gasteiger partial charge in [0.15, 0.2) is 0 Å². The number of hydrogen-bond acceptors (Lipinski definition) is 4. The SMILES string of the molecule is Cc1c(N)cnc(N(C)Cc2cnn(C)c2)c1Br. The monoisotopic (exact) mass is 309 g/mol. The fraction of sp³-hybridized carbons (Fsp3) is 0.333. The second kappa shape index (κ2) is 4.97. The fourth-order valence-corrected chi connectivity index (χ4v) is 2.38. The van der Waals surface area contributed by atoms with Crippen molar-refractivity contribution in [3.63, 3.8) is 0 Å². The second-order valence-electron chi connectivity index (χ2n) is 4.35. The zero-order valence-electron chi connectivity index (χ0n) is 10.7. The minimum atomic E-state index is 0.695. The molecule has 5 nitrogen and oxygen atoms in total. The van der Waals surface area contributed by atoms with Gasteiger partial charge >= 0.3 is 0 Å². The van der Waals surface area contributed by atoms with E-state index in [1.54, 1.807) is 10.9 Å². The summed E-state index contributed by atoms with van der Waals surface area (Å²) in [6.07, 6.45) is 5.54. The molecule has 96 valence electrons. The van der Waals surface area contributed by atoms with Gasteiger partial charge in [-0.3, -0.25) is 4.68 Å². The van der Waals surface area contributed by atoms with E-state index in [-0.39, 0.29) is 0 Å². The largest absolute Gasteiger partial charge is 0.397 e. The number of anilines is 2. The Morgan fingerprint density at radius 3 is 2.78 bits per heavy atom. The lowest BCUT2D eigenvalue weighted by Gasteiger charge is -2.20. The van der Waals surface area contributed by atoms with E-state index in [1.165, 1.54) is 0 Å². The summed E-state index contributed by atoms with van der Waals surface area (Å²) in [4.78, 5) is 6.43. The molecule has 0 amide bonds. The third-order valence-electron chi connectivity index (χ3n) is 2.82. The van der Waals surface area contributed by atoms with Crippen LogP contribution in [0.5, 0.6) is 0 Å². The van der Waals surface area contributed by atoms with Gasteiger partial charge in [0.05, 0.1) is 22.6 Å². The Bertz CT molecular complexity index is 564. The maximum absolute atomic E-state index is 5.82. The predicted octanol–water partition coefficient (Wildman–Crippen LogP) is 2.10. The Morgan fingerprint density at radius 1 is 1.44 bits per heavy atom. The molecule has 0 saturated heterocycles. The standard InChI is InChI=1S/C12H16BrN5/c1-8-10(14)5-15-12(11(8)13)17(2)6-9-4-16-18(3)7-9/h4-5,7H,6,14H2,1-3H3. The van der Waals surface area contributed by atoms with Crippen molar-refractivity contribution < 1.29 is 0 Å². The van der Waals surface area contributed by atoms with E-state index in [4.69, 9.17) is 5.73 Å². The quantitative estimate of drug-likeness (QED) is 0.943. The van der Waals surface area contributed by atoms with Crippen LogP contribution < -0.4 is 10.6 Å². The van der Waals surface area contributed by atoms with Crippen molar-refractivity contribution in [3.05, 3.63) is 34.2 Å². The number of aryl methyl sites for hydroxylation is 1. The summed E-state index contributed by atoms with van der Waals surface area (Å²) in [5.74, 6) is 0.880. The Morgan fingerprint density at radius 2 is 2.17 bits per heavy atom. The van der Waals surface area contributed by atoms with Crippen molar-refractivity contribution in [1.82, 2.24) is 14.8 Å². The maximum Gasteiger partial charge on any atom is 0.143 e. The smallest absolute Gasteiger partial charge is 0.143 e. The van der Waals surface area contributed by atoms with E-state index in [0.717, 1.165) is 28.0 Å². The van der Waals surface area contributed by atoms with Crippen LogP contribution in [0, 0.1) is 6.92 Å². The van der Waals surface area contributed by atoms with E-state index in [1.807, 2.05) is 33.4 Å². The molecule has 0 aliphatic rings. The number of nitrogens with two attached hydrogens (primary N) is 1. The van der Waals surface area contributed by atoms with Gasteiger partial charge < -0.3 is 10.6 Å². The highest BCUT2D eigenvalue weighted by Crippen LogP contribution is 2.30.